The van der Waals surface area contributed by atoms with E-state index in [0.717, 1.165) is 6.07 Å². The number of carboxylic acids is 1. The Labute approximate surface area is 109 Å². The topological polar surface area (TPSA) is 76.7 Å². The molecular weight excluding hydrogens is 248 g/mol. The van der Waals surface area contributed by atoms with Crippen molar-refractivity contribution in [3.63, 3.8) is 0 Å². The highest BCUT2D eigenvalue weighted by Gasteiger charge is 2.14. The fraction of sp³-hybridized carbons (Fsp3) is 0.286. The van der Waals surface area contributed by atoms with Crippen molar-refractivity contribution in [1.82, 2.24) is 0 Å². The zero-order valence-corrected chi connectivity index (χ0v) is 10.7. The molecule has 0 aliphatic heterocycles. The summed E-state index contributed by atoms with van der Waals surface area (Å²) in [5.74, 6) is -0.913. The molecule has 0 atom stereocenters. The second-order valence-electron chi connectivity index (χ2n) is 4.61. The van der Waals surface area contributed by atoms with Crippen LogP contribution in [0.1, 0.15) is 24.4 Å². The molecule has 0 unspecified atom stereocenters. The molecule has 0 aliphatic rings. The molecule has 1 aromatic heterocycles. The molecule has 0 radical (unpaired) electrons. The van der Waals surface area contributed by atoms with Crippen LogP contribution in [-0.4, -0.2) is 17.7 Å². The zero-order valence-electron chi connectivity index (χ0n) is 10.7. The van der Waals surface area contributed by atoms with Crippen molar-refractivity contribution < 1.29 is 19.1 Å². The van der Waals surface area contributed by atoms with Gasteiger partial charge in [0.1, 0.15) is 16.7 Å². The van der Waals surface area contributed by atoms with Crippen molar-refractivity contribution in [2.24, 2.45) is 5.92 Å². The fourth-order valence-electron chi connectivity index (χ4n) is 1.66. The van der Waals surface area contributed by atoms with E-state index in [1.807, 2.05) is 13.8 Å². The van der Waals surface area contributed by atoms with Gasteiger partial charge < -0.3 is 14.3 Å². The van der Waals surface area contributed by atoms with Gasteiger partial charge in [-0.05, 0) is 18.1 Å². The molecule has 19 heavy (non-hydrogen) atoms. The number of carboxylic acid groups (broad SMARTS) is 1. The van der Waals surface area contributed by atoms with Crippen molar-refractivity contribution in [1.29, 1.82) is 0 Å². The van der Waals surface area contributed by atoms with Gasteiger partial charge in [-0.2, -0.15) is 0 Å². The quantitative estimate of drug-likeness (QED) is 0.916. The molecule has 0 bridgehead atoms. The summed E-state index contributed by atoms with van der Waals surface area (Å²) in [6, 6.07) is 5.84. The van der Waals surface area contributed by atoms with E-state index in [1.54, 1.807) is 18.2 Å². The van der Waals surface area contributed by atoms with Crippen LogP contribution >= 0.6 is 0 Å². The number of rotatable bonds is 4. The summed E-state index contributed by atoms with van der Waals surface area (Å²) in [5.41, 5.74) is -0.204. The van der Waals surface area contributed by atoms with E-state index < -0.39 is 11.4 Å². The van der Waals surface area contributed by atoms with Gasteiger partial charge in [0.2, 0.25) is 5.76 Å². The van der Waals surface area contributed by atoms with Crippen LogP contribution in [0.3, 0.4) is 0 Å². The van der Waals surface area contributed by atoms with Crippen LogP contribution in [0.4, 0.5) is 0 Å². The maximum atomic E-state index is 12.0. The summed E-state index contributed by atoms with van der Waals surface area (Å²) in [4.78, 5) is 22.8. The van der Waals surface area contributed by atoms with Crippen molar-refractivity contribution in [3.8, 4) is 5.75 Å². The van der Waals surface area contributed by atoms with Crippen LogP contribution in [0.25, 0.3) is 11.0 Å². The lowest BCUT2D eigenvalue weighted by Gasteiger charge is -2.10. The molecule has 0 fully saturated rings. The SMILES string of the molecule is CC(C)COc1cccc2oc(C(=O)O)cc(=O)c12. The predicted molar refractivity (Wildman–Crippen MR) is 69.8 cm³/mol. The average molecular weight is 262 g/mol. The zero-order chi connectivity index (χ0) is 14.0. The summed E-state index contributed by atoms with van der Waals surface area (Å²) in [7, 11) is 0. The van der Waals surface area contributed by atoms with E-state index in [0.29, 0.717) is 18.3 Å². The minimum atomic E-state index is -1.27. The minimum Gasteiger partial charge on any atom is -0.492 e. The highest BCUT2D eigenvalue weighted by atomic mass is 16.5. The molecule has 0 amide bonds. The Morgan fingerprint density at radius 2 is 2.16 bits per heavy atom. The second kappa shape index (κ2) is 5.14. The molecular formula is C14H14O5. The highest BCUT2D eigenvalue weighted by molar-refractivity contribution is 5.89. The predicted octanol–water partition coefficient (Wildman–Crippen LogP) is 2.53. The second-order valence-corrected chi connectivity index (χ2v) is 4.61. The molecule has 0 saturated heterocycles. The first-order chi connectivity index (χ1) is 8.99. The van der Waals surface area contributed by atoms with Gasteiger partial charge in [0.15, 0.2) is 5.43 Å². The van der Waals surface area contributed by atoms with Crippen LogP contribution in [-0.2, 0) is 0 Å². The summed E-state index contributed by atoms with van der Waals surface area (Å²) < 4.78 is 10.7. The maximum Gasteiger partial charge on any atom is 0.371 e. The fourth-order valence-corrected chi connectivity index (χ4v) is 1.66. The Kier molecular flexibility index (Phi) is 3.55. The van der Waals surface area contributed by atoms with Gasteiger partial charge in [-0.15, -0.1) is 0 Å². The largest absolute Gasteiger partial charge is 0.492 e. The van der Waals surface area contributed by atoms with E-state index in [1.165, 1.54) is 0 Å². The summed E-state index contributed by atoms with van der Waals surface area (Å²) in [5, 5.41) is 9.12. The Morgan fingerprint density at radius 3 is 2.79 bits per heavy atom. The Balaban J connectivity index is 2.56. The minimum absolute atomic E-state index is 0.214. The normalized spacial score (nSPS) is 10.9. The van der Waals surface area contributed by atoms with Gasteiger partial charge >= 0.3 is 5.97 Å². The van der Waals surface area contributed by atoms with Crippen LogP contribution in [0.15, 0.2) is 33.5 Å². The summed E-state index contributed by atoms with van der Waals surface area (Å²) >= 11 is 0. The summed E-state index contributed by atoms with van der Waals surface area (Å²) in [6.45, 7) is 4.46. The molecule has 0 spiro atoms. The van der Waals surface area contributed by atoms with E-state index >= 15 is 0 Å². The molecule has 5 nitrogen and oxygen atoms in total. The van der Waals surface area contributed by atoms with Gasteiger partial charge in [-0.3, -0.25) is 4.79 Å². The number of hydrogen-bond acceptors (Lipinski definition) is 4. The van der Waals surface area contributed by atoms with Crippen molar-refractivity contribution in [3.05, 3.63) is 40.2 Å². The van der Waals surface area contributed by atoms with Crippen LogP contribution < -0.4 is 10.2 Å². The molecule has 2 rings (SSSR count). The first-order valence-corrected chi connectivity index (χ1v) is 5.92. The molecule has 2 aromatic rings. The third kappa shape index (κ3) is 2.76. The van der Waals surface area contributed by atoms with Crippen LogP contribution in [0, 0.1) is 5.92 Å². The molecule has 100 valence electrons. The molecule has 1 N–H and O–H groups in total. The number of carbonyl (C=O) groups is 1. The first-order valence-electron chi connectivity index (χ1n) is 5.92. The number of ether oxygens (including phenoxy) is 1. The molecule has 5 heteroatoms. The molecule has 0 aliphatic carbocycles. The van der Waals surface area contributed by atoms with E-state index in [4.69, 9.17) is 14.3 Å². The van der Waals surface area contributed by atoms with Crippen LogP contribution in [0.5, 0.6) is 5.75 Å². The lowest BCUT2D eigenvalue weighted by Crippen LogP contribution is -2.10. The number of fused-ring (bicyclic) bond motifs is 1. The van der Waals surface area contributed by atoms with Crippen molar-refractivity contribution >= 4 is 16.9 Å². The average Bonchev–Trinajstić information content (AvgIpc) is 2.35. The van der Waals surface area contributed by atoms with Gasteiger partial charge in [-0.1, -0.05) is 19.9 Å². The van der Waals surface area contributed by atoms with E-state index in [2.05, 4.69) is 0 Å². The Morgan fingerprint density at radius 1 is 1.42 bits per heavy atom. The summed E-state index contributed by atoms with van der Waals surface area (Å²) in [6.07, 6.45) is 0. The molecule has 0 saturated carbocycles. The Hall–Kier alpha value is -2.30. The van der Waals surface area contributed by atoms with Crippen LogP contribution in [0.2, 0.25) is 0 Å². The lowest BCUT2D eigenvalue weighted by molar-refractivity contribution is 0.0663. The van der Waals surface area contributed by atoms with E-state index in [-0.39, 0.29) is 16.7 Å². The van der Waals surface area contributed by atoms with Crippen molar-refractivity contribution in [2.75, 3.05) is 6.61 Å². The third-order valence-electron chi connectivity index (χ3n) is 2.50. The Bertz CT molecular complexity index is 669. The van der Waals surface area contributed by atoms with Gasteiger partial charge in [-0.25, -0.2) is 4.79 Å². The third-order valence-corrected chi connectivity index (χ3v) is 2.50. The molecule has 1 heterocycles. The monoisotopic (exact) mass is 262 g/mol. The standard InChI is InChI=1S/C14H14O5/c1-8(2)7-18-10-4-3-5-11-13(10)9(15)6-12(19-11)14(16)17/h3-6,8H,7H2,1-2H3,(H,16,17). The van der Waals surface area contributed by atoms with Gasteiger partial charge in [0.25, 0.3) is 0 Å². The number of benzene rings is 1. The van der Waals surface area contributed by atoms with E-state index in [9.17, 15) is 9.59 Å². The van der Waals surface area contributed by atoms with Crippen molar-refractivity contribution in [2.45, 2.75) is 13.8 Å². The smallest absolute Gasteiger partial charge is 0.371 e. The van der Waals surface area contributed by atoms with Gasteiger partial charge in [0, 0.05) is 6.07 Å². The lowest BCUT2D eigenvalue weighted by atomic mass is 10.2. The van der Waals surface area contributed by atoms with Gasteiger partial charge in [0.05, 0.1) is 6.61 Å². The number of aromatic carboxylic acids is 1. The number of hydrogen-bond donors (Lipinski definition) is 1. The first kappa shape index (κ1) is 13.1. The molecule has 1 aromatic carbocycles. The highest BCUT2D eigenvalue weighted by Crippen LogP contribution is 2.23. The maximum absolute atomic E-state index is 12.0.